The summed E-state index contributed by atoms with van der Waals surface area (Å²) in [7, 11) is 0. The molecule has 1 aliphatic heterocycles. The maximum absolute atomic E-state index is 11.7. The fourth-order valence-electron chi connectivity index (χ4n) is 3.66. The second-order valence-corrected chi connectivity index (χ2v) is 5.55. The zero-order valence-electron chi connectivity index (χ0n) is 10.7. The van der Waals surface area contributed by atoms with Crippen LogP contribution < -0.4 is 0 Å². The van der Waals surface area contributed by atoms with Gasteiger partial charge in [0.15, 0.2) is 0 Å². The van der Waals surface area contributed by atoms with Gasteiger partial charge in [-0.3, -0.25) is 9.59 Å². The van der Waals surface area contributed by atoms with Crippen molar-refractivity contribution >= 4 is 11.8 Å². The first-order valence-electron chi connectivity index (χ1n) is 6.27. The third kappa shape index (κ3) is 2.03. The van der Waals surface area contributed by atoms with Gasteiger partial charge in [-0.25, -0.2) is 0 Å². The molecule has 2 aliphatic rings. The largest absolute Gasteiger partial charge is 0.462 e. The van der Waals surface area contributed by atoms with E-state index < -0.39 is 0 Å². The number of Topliss-reactive ketones (excluding diaryl/α,β-unsaturated/α-hetero) is 1. The molecular formula is C14H20O3. The van der Waals surface area contributed by atoms with E-state index in [0.717, 1.165) is 12.0 Å². The van der Waals surface area contributed by atoms with Gasteiger partial charge in [-0.1, -0.05) is 12.2 Å². The molecular weight excluding hydrogens is 216 g/mol. The fourth-order valence-corrected chi connectivity index (χ4v) is 3.66. The topological polar surface area (TPSA) is 43.4 Å². The van der Waals surface area contributed by atoms with Crippen LogP contribution in [0.2, 0.25) is 0 Å². The van der Waals surface area contributed by atoms with Crippen molar-refractivity contribution in [2.75, 3.05) is 0 Å². The average molecular weight is 236 g/mol. The number of carbonyl (C=O) groups is 2. The number of allylic oxidation sites excluding steroid dienone is 1. The summed E-state index contributed by atoms with van der Waals surface area (Å²) in [6, 6.07) is 0. The van der Waals surface area contributed by atoms with Crippen LogP contribution >= 0.6 is 0 Å². The number of esters is 1. The third-order valence-electron chi connectivity index (χ3n) is 4.40. The van der Waals surface area contributed by atoms with Gasteiger partial charge in [0.05, 0.1) is 0 Å². The van der Waals surface area contributed by atoms with Crippen molar-refractivity contribution in [2.24, 2.45) is 23.7 Å². The molecule has 0 amide bonds. The van der Waals surface area contributed by atoms with Crippen LogP contribution in [0.15, 0.2) is 12.2 Å². The van der Waals surface area contributed by atoms with E-state index in [2.05, 4.69) is 6.58 Å². The number of cyclic esters (lactones) is 1. The van der Waals surface area contributed by atoms with E-state index in [9.17, 15) is 9.59 Å². The van der Waals surface area contributed by atoms with Gasteiger partial charge in [0.25, 0.3) is 0 Å². The van der Waals surface area contributed by atoms with E-state index in [4.69, 9.17) is 4.74 Å². The van der Waals surface area contributed by atoms with E-state index in [1.807, 2.05) is 13.8 Å². The lowest BCUT2D eigenvalue weighted by atomic mass is 9.77. The van der Waals surface area contributed by atoms with Crippen molar-refractivity contribution in [3.63, 3.8) is 0 Å². The average Bonchev–Trinajstić information content (AvgIpc) is 2.56. The van der Waals surface area contributed by atoms with Gasteiger partial charge in [0, 0.05) is 18.3 Å². The number of hydrogen-bond acceptors (Lipinski definition) is 3. The quantitative estimate of drug-likeness (QED) is 0.546. The minimum Gasteiger partial charge on any atom is -0.462 e. The lowest BCUT2D eigenvalue weighted by molar-refractivity contribution is -0.163. The summed E-state index contributed by atoms with van der Waals surface area (Å²) >= 11 is 0. The second-order valence-electron chi connectivity index (χ2n) is 5.55. The van der Waals surface area contributed by atoms with Gasteiger partial charge in [0.2, 0.25) is 0 Å². The summed E-state index contributed by atoms with van der Waals surface area (Å²) in [5.74, 6) is 0.848. The van der Waals surface area contributed by atoms with Crippen LogP contribution in [0.1, 0.15) is 33.6 Å². The van der Waals surface area contributed by atoms with Crippen molar-refractivity contribution < 1.29 is 14.3 Å². The zero-order chi connectivity index (χ0) is 12.7. The molecule has 2 fully saturated rings. The van der Waals surface area contributed by atoms with E-state index in [0.29, 0.717) is 12.3 Å². The zero-order valence-corrected chi connectivity index (χ0v) is 10.7. The Bertz CT molecular complexity index is 372. The lowest BCUT2D eigenvalue weighted by Gasteiger charge is -2.35. The van der Waals surface area contributed by atoms with Crippen molar-refractivity contribution in [1.29, 1.82) is 0 Å². The predicted octanol–water partition coefficient (Wildman–Crippen LogP) is 2.36. The van der Waals surface area contributed by atoms with Crippen LogP contribution in [-0.2, 0) is 14.3 Å². The molecule has 0 spiro atoms. The molecule has 0 N–H and O–H groups in total. The molecule has 2 rings (SSSR count). The molecule has 1 saturated heterocycles. The van der Waals surface area contributed by atoms with Crippen molar-refractivity contribution in [1.82, 2.24) is 0 Å². The Hall–Kier alpha value is -1.12. The van der Waals surface area contributed by atoms with Crippen LogP contribution in [0.25, 0.3) is 0 Å². The minimum absolute atomic E-state index is 0.0322. The Balaban J connectivity index is 2.31. The Labute approximate surface area is 102 Å². The van der Waals surface area contributed by atoms with E-state index in [1.54, 1.807) is 6.92 Å². The van der Waals surface area contributed by atoms with Crippen molar-refractivity contribution in [2.45, 2.75) is 39.7 Å². The van der Waals surface area contributed by atoms with Gasteiger partial charge < -0.3 is 4.74 Å². The van der Waals surface area contributed by atoms with E-state index in [-0.39, 0.29) is 35.6 Å². The fraction of sp³-hybridized carbons (Fsp3) is 0.714. The maximum atomic E-state index is 11.7. The highest BCUT2D eigenvalue weighted by Crippen LogP contribution is 2.50. The van der Waals surface area contributed by atoms with Gasteiger partial charge in [-0.15, -0.1) is 0 Å². The summed E-state index contributed by atoms with van der Waals surface area (Å²) < 4.78 is 5.29. The first-order chi connectivity index (χ1) is 7.91. The third-order valence-corrected chi connectivity index (χ3v) is 4.40. The normalized spacial score (nSPS) is 40.6. The van der Waals surface area contributed by atoms with Crippen molar-refractivity contribution in [3.05, 3.63) is 12.2 Å². The number of fused-ring (bicyclic) bond motifs is 1. The number of carbonyl (C=O) groups excluding carboxylic acids is 2. The van der Waals surface area contributed by atoms with Gasteiger partial charge in [0.1, 0.15) is 11.9 Å². The molecule has 0 radical (unpaired) electrons. The summed E-state index contributed by atoms with van der Waals surface area (Å²) in [6.07, 6.45) is 1.14. The van der Waals surface area contributed by atoms with Crippen LogP contribution in [0.3, 0.4) is 0 Å². The molecule has 17 heavy (non-hydrogen) atoms. The Morgan fingerprint density at radius 2 is 2.00 bits per heavy atom. The van der Waals surface area contributed by atoms with E-state index >= 15 is 0 Å². The molecule has 94 valence electrons. The molecule has 0 aromatic carbocycles. The molecule has 1 saturated carbocycles. The van der Waals surface area contributed by atoms with Gasteiger partial charge in [-0.2, -0.15) is 0 Å². The van der Waals surface area contributed by atoms with Crippen LogP contribution in [0.5, 0.6) is 0 Å². The summed E-state index contributed by atoms with van der Waals surface area (Å²) in [5, 5.41) is 0. The maximum Gasteiger partial charge on any atom is 0.306 e. The summed E-state index contributed by atoms with van der Waals surface area (Å²) in [6.45, 7) is 9.56. The first kappa shape index (κ1) is 12.3. The molecule has 5 unspecified atom stereocenters. The monoisotopic (exact) mass is 236 g/mol. The lowest BCUT2D eigenvalue weighted by Crippen LogP contribution is -2.40. The molecule has 5 atom stereocenters. The SMILES string of the molecule is C=C(C)C1CC(C(C)=O)C2C(C)OC(=O)CC12. The first-order valence-corrected chi connectivity index (χ1v) is 6.27. The second kappa shape index (κ2) is 4.28. The molecule has 3 heteroatoms. The number of rotatable bonds is 2. The highest BCUT2D eigenvalue weighted by atomic mass is 16.5. The van der Waals surface area contributed by atoms with Crippen LogP contribution in [-0.4, -0.2) is 17.9 Å². The molecule has 0 bridgehead atoms. The predicted molar refractivity (Wildman–Crippen MR) is 64.2 cm³/mol. The van der Waals surface area contributed by atoms with Crippen molar-refractivity contribution in [3.8, 4) is 0 Å². The Morgan fingerprint density at radius 3 is 2.53 bits per heavy atom. The smallest absolute Gasteiger partial charge is 0.306 e. The highest BCUT2D eigenvalue weighted by Gasteiger charge is 2.51. The summed E-state index contributed by atoms with van der Waals surface area (Å²) in [4.78, 5) is 23.2. The molecule has 0 aromatic heterocycles. The van der Waals surface area contributed by atoms with Crippen LogP contribution in [0.4, 0.5) is 0 Å². The highest BCUT2D eigenvalue weighted by molar-refractivity contribution is 5.80. The molecule has 0 aromatic rings. The molecule has 1 aliphatic carbocycles. The standard InChI is InChI=1S/C14H20O3/c1-7(2)10-5-11(8(3)15)14-9(4)17-13(16)6-12(10)14/h9-12,14H,1,5-6H2,2-4H3. The van der Waals surface area contributed by atoms with Gasteiger partial charge in [-0.05, 0) is 39.0 Å². The Morgan fingerprint density at radius 1 is 1.35 bits per heavy atom. The molecule has 1 heterocycles. The number of ether oxygens (including phenoxy) is 1. The van der Waals surface area contributed by atoms with E-state index in [1.165, 1.54) is 0 Å². The summed E-state index contributed by atoms with van der Waals surface area (Å²) in [5.41, 5.74) is 1.09. The number of hydrogen-bond donors (Lipinski definition) is 0. The number of ketones is 1. The van der Waals surface area contributed by atoms with Gasteiger partial charge >= 0.3 is 5.97 Å². The Kier molecular flexibility index (Phi) is 3.11. The minimum atomic E-state index is -0.139. The molecule has 3 nitrogen and oxygen atoms in total. The van der Waals surface area contributed by atoms with Crippen LogP contribution in [0, 0.1) is 23.7 Å².